The summed E-state index contributed by atoms with van der Waals surface area (Å²) in [6, 6.07) is 1.51. The van der Waals surface area contributed by atoms with E-state index in [-0.39, 0.29) is 5.02 Å². The molecule has 0 aliphatic rings. The largest absolute Gasteiger partial charge is 0.444 e. The van der Waals surface area contributed by atoms with Crippen LogP contribution in [-0.2, 0) is 4.74 Å². The number of nitrogens with zero attached hydrogens (tertiary/aromatic N) is 2. The van der Waals surface area contributed by atoms with E-state index in [0.29, 0.717) is 21.7 Å². The first-order valence-electron chi connectivity index (χ1n) is 5.38. The number of nitrogens with one attached hydrogen (secondary N) is 1. The zero-order chi connectivity index (χ0) is 14.2. The van der Waals surface area contributed by atoms with Crippen LogP contribution in [0.5, 0.6) is 0 Å². The summed E-state index contributed by atoms with van der Waals surface area (Å²) in [4.78, 5) is 11.8. The Kier molecular flexibility index (Phi) is 3.85. The maximum atomic E-state index is 11.8. The van der Waals surface area contributed by atoms with Gasteiger partial charge in [0.2, 0.25) is 0 Å². The molecule has 19 heavy (non-hydrogen) atoms. The third kappa shape index (κ3) is 3.26. The lowest BCUT2D eigenvalue weighted by Crippen LogP contribution is -2.27. The highest BCUT2D eigenvalue weighted by molar-refractivity contribution is 7.00. The van der Waals surface area contributed by atoms with Gasteiger partial charge in [0.05, 0.1) is 27.5 Å². The molecule has 0 aliphatic heterocycles. The van der Waals surface area contributed by atoms with Gasteiger partial charge in [-0.15, -0.1) is 0 Å². The number of halogens is 2. The summed E-state index contributed by atoms with van der Waals surface area (Å²) in [6.07, 6.45) is -0.606. The van der Waals surface area contributed by atoms with Crippen LogP contribution >= 0.6 is 34.9 Å². The zero-order valence-corrected chi connectivity index (χ0v) is 12.8. The van der Waals surface area contributed by atoms with Gasteiger partial charge in [-0.25, -0.2) is 4.79 Å². The van der Waals surface area contributed by atoms with Gasteiger partial charge in [0.1, 0.15) is 16.6 Å². The number of benzene rings is 1. The molecule has 0 fully saturated rings. The monoisotopic (exact) mass is 319 g/mol. The quantitative estimate of drug-likeness (QED) is 0.848. The van der Waals surface area contributed by atoms with Crippen molar-refractivity contribution in [3.05, 3.63) is 16.1 Å². The molecule has 0 saturated heterocycles. The van der Waals surface area contributed by atoms with E-state index in [1.54, 1.807) is 20.8 Å². The number of ether oxygens (including phenoxy) is 1. The second kappa shape index (κ2) is 5.11. The summed E-state index contributed by atoms with van der Waals surface area (Å²) in [5.41, 5.74) is 0.710. The summed E-state index contributed by atoms with van der Waals surface area (Å²) in [5, 5.41) is 3.26. The minimum Gasteiger partial charge on any atom is -0.444 e. The Morgan fingerprint density at radius 2 is 1.89 bits per heavy atom. The van der Waals surface area contributed by atoms with E-state index >= 15 is 0 Å². The Bertz CT molecular complexity index is 637. The third-order valence-electron chi connectivity index (χ3n) is 2.07. The lowest BCUT2D eigenvalue weighted by Gasteiger charge is -2.20. The number of rotatable bonds is 1. The maximum Gasteiger partial charge on any atom is 0.412 e. The van der Waals surface area contributed by atoms with Crippen molar-refractivity contribution < 1.29 is 9.53 Å². The fraction of sp³-hybridized carbons (Fsp3) is 0.364. The predicted molar refractivity (Wildman–Crippen MR) is 77.3 cm³/mol. The van der Waals surface area contributed by atoms with E-state index < -0.39 is 11.7 Å². The van der Waals surface area contributed by atoms with Gasteiger partial charge in [-0.1, -0.05) is 23.2 Å². The van der Waals surface area contributed by atoms with Gasteiger partial charge < -0.3 is 4.74 Å². The summed E-state index contributed by atoms with van der Waals surface area (Å²) in [6.45, 7) is 5.32. The number of aromatic nitrogens is 2. The average Bonchev–Trinajstić information content (AvgIpc) is 2.70. The van der Waals surface area contributed by atoms with Gasteiger partial charge in [-0.2, -0.15) is 8.75 Å². The molecular formula is C11H11Cl2N3O2S. The van der Waals surface area contributed by atoms with Gasteiger partial charge in [0.25, 0.3) is 0 Å². The fourth-order valence-electron chi connectivity index (χ4n) is 1.40. The molecule has 1 heterocycles. The Hall–Kier alpha value is -1.11. The molecular weight excluding hydrogens is 309 g/mol. The molecule has 0 saturated carbocycles. The number of hydrogen-bond donors (Lipinski definition) is 1. The Labute approximate surface area is 124 Å². The molecule has 8 heteroatoms. The van der Waals surface area contributed by atoms with Crippen molar-refractivity contribution in [1.29, 1.82) is 0 Å². The molecule has 1 aromatic carbocycles. The summed E-state index contributed by atoms with van der Waals surface area (Å²) in [5.74, 6) is 0. The van der Waals surface area contributed by atoms with E-state index in [1.165, 1.54) is 6.07 Å². The molecule has 0 unspecified atom stereocenters. The first-order valence-corrected chi connectivity index (χ1v) is 6.87. The predicted octanol–water partition coefficient (Wildman–Crippen LogP) is 4.35. The molecule has 0 spiro atoms. The van der Waals surface area contributed by atoms with Crippen LogP contribution in [0.25, 0.3) is 11.0 Å². The van der Waals surface area contributed by atoms with E-state index in [1.807, 2.05) is 0 Å². The minimum absolute atomic E-state index is 0.288. The maximum absolute atomic E-state index is 11.8. The number of carbonyl (C=O) groups is 1. The van der Waals surface area contributed by atoms with Gasteiger partial charge in [0.15, 0.2) is 0 Å². The fourth-order valence-corrected chi connectivity index (χ4v) is 2.56. The molecule has 1 amide bonds. The number of anilines is 1. The lowest BCUT2D eigenvalue weighted by molar-refractivity contribution is 0.0636. The molecule has 1 N–H and O–H groups in total. The minimum atomic E-state index is -0.606. The average molecular weight is 320 g/mol. The van der Waals surface area contributed by atoms with Crippen LogP contribution in [0.2, 0.25) is 10.0 Å². The molecule has 0 radical (unpaired) electrons. The van der Waals surface area contributed by atoms with Crippen molar-refractivity contribution in [3.8, 4) is 0 Å². The van der Waals surface area contributed by atoms with Crippen LogP contribution in [-0.4, -0.2) is 20.4 Å². The SMILES string of the molecule is CC(C)(C)OC(=O)Nc1c(Cl)cc(Cl)c2nsnc12. The number of hydrogen-bond acceptors (Lipinski definition) is 5. The van der Waals surface area contributed by atoms with Crippen molar-refractivity contribution in [2.45, 2.75) is 26.4 Å². The van der Waals surface area contributed by atoms with Crippen LogP contribution in [0, 0.1) is 0 Å². The molecule has 1 aromatic heterocycles. The Morgan fingerprint density at radius 1 is 1.26 bits per heavy atom. The van der Waals surface area contributed by atoms with E-state index in [0.717, 1.165) is 11.7 Å². The van der Waals surface area contributed by atoms with Crippen LogP contribution in [0.15, 0.2) is 6.07 Å². The van der Waals surface area contributed by atoms with Gasteiger partial charge in [-0.05, 0) is 26.8 Å². The van der Waals surface area contributed by atoms with Crippen molar-refractivity contribution >= 4 is 57.7 Å². The zero-order valence-electron chi connectivity index (χ0n) is 10.5. The standard InChI is InChI=1S/C11H11Cl2N3O2S/c1-11(2,3)18-10(17)14-7-5(12)4-6(13)8-9(7)16-19-15-8/h4H,1-3H3,(H,14,17). The highest BCUT2D eigenvalue weighted by atomic mass is 35.5. The normalized spacial score (nSPS) is 11.6. The first-order chi connectivity index (χ1) is 8.78. The van der Waals surface area contributed by atoms with Crippen LogP contribution in [0.3, 0.4) is 0 Å². The number of fused-ring (bicyclic) bond motifs is 1. The van der Waals surface area contributed by atoms with E-state index in [4.69, 9.17) is 27.9 Å². The van der Waals surface area contributed by atoms with Crippen molar-refractivity contribution in [3.63, 3.8) is 0 Å². The summed E-state index contributed by atoms with van der Waals surface area (Å²) < 4.78 is 13.3. The molecule has 2 aromatic rings. The topological polar surface area (TPSA) is 64.1 Å². The van der Waals surface area contributed by atoms with Gasteiger partial charge in [0, 0.05) is 0 Å². The molecule has 0 atom stereocenters. The Morgan fingerprint density at radius 3 is 2.53 bits per heavy atom. The van der Waals surface area contributed by atoms with Crippen LogP contribution in [0.4, 0.5) is 10.5 Å². The third-order valence-corrected chi connectivity index (χ3v) is 3.18. The second-order valence-electron chi connectivity index (χ2n) is 4.80. The molecule has 0 bridgehead atoms. The molecule has 2 rings (SSSR count). The van der Waals surface area contributed by atoms with E-state index in [9.17, 15) is 4.79 Å². The molecule has 5 nitrogen and oxygen atoms in total. The summed E-state index contributed by atoms with van der Waals surface area (Å²) >= 11 is 13.1. The highest BCUT2D eigenvalue weighted by Crippen LogP contribution is 2.35. The molecule has 102 valence electrons. The highest BCUT2D eigenvalue weighted by Gasteiger charge is 2.20. The van der Waals surface area contributed by atoms with Crippen LogP contribution in [0.1, 0.15) is 20.8 Å². The number of amides is 1. The molecule has 0 aliphatic carbocycles. The van der Waals surface area contributed by atoms with Gasteiger partial charge >= 0.3 is 6.09 Å². The smallest absolute Gasteiger partial charge is 0.412 e. The van der Waals surface area contributed by atoms with E-state index in [2.05, 4.69) is 14.1 Å². The number of carbonyl (C=O) groups excluding carboxylic acids is 1. The van der Waals surface area contributed by atoms with Crippen molar-refractivity contribution in [2.75, 3.05) is 5.32 Å². The van der Waals surface area contributed by atoms with Crippen LogP contribution < -0.4 is 5.32 Å². The first kappa shape index (κ1) is 14.3. The van der Waals surface area contributed by atoms with Crippen molar-refractivity contribution in [1.82, 2.24) is 8.75 Å². The van der Waals surface area contributed by atoms with Crippen molar-refractivity contribution in [2.24, 2.45) is 0 Å². The van der Waals surface area contributed by atoms with Gasteiger partial charge in [-0.3, -0.25) is 5.32 Å². The lowest BCUT2D eigenvalue weighted by atomic mass is 10.2. The second-order valence-corrected chi connectivity index (χ2v) is 6.15. The summed E-state index contributed by atoms with van der Waals surface area (Å²) in [7, 11) is 0. The Balaban J connectivity index is 2.35.